The summed E-state index contributed by atoms with van der Waals surface area (Å²) in [6.45, 7) is 6.51. The van der Waals surface area contributed by atoms with E-state index in [9.17, 15) is 5.11 Å². The van der Waals surface area contributed by atoms with Gasteiger partial charge in [0.2, 0.25) is 0 Å². The predicted molar refractivity (Wildman–Crippen MR) is 67.8 cm³/mol. The van der Waals surface area contributed by atoms with Crippen LogP contribution in [0.25, 0.3) is 0 Å². The Morgan fingerprint density at radius 3 is 2.65 bits per heavy atom. The van der Waals surface area contributed by atoms with Gasteiger partial charge in [0.15, 0.2) is 0 Å². The van der Waals surface area contributed by atoms with Crippen molar-refractivity contribution >= 4 is 0 Å². The molecule has 2 rings (SSSR count). The Hall–Kier alpha value is -0.800. The number of nitrogens with zero attached hydrogens (tertiary/aromatic N) is 1. The smallest absolute Gasteiger partial charge is 0.100 e. The van der Waals surface area contributed by atoms with Gasteiger partial charge in [0.1, 0.15) is 6.10 Å². The van der Waals surface area contributed by atoms with Crippen LogP contribution in [-0.4, -0.2) is 28.6 Å². The first-order chi connectivity index (χ1) is 8.18. The van der Waals surface area contributed by atoms with Gasteiger partial charge in [0.05, 0.1) is 12.5 Å². The number of piperidine rings is 1. The minimum Gasteiger partial charge on any atom is -0.472 e. The third-order valence-electron chi connectivity index (χ3n) is 4.24. The van der Waals surface area contributed by atoms with Crippen molar-refractivity contribution in [2.45, 2.75) is 51.2 Å². The van der Waals surface area contributed by atoms with Crippen LogP contribution in [0.1, 0.15) is 51.2 Å². The largest absolute Gasteiger partial charge is 0.472 e. The lowest BCUT2D eigenvalue weighted by Crippen LogP contribution is -2.52. The molecule has 0 aromatic carbocycles. The monoisotopic (exact) mass is 237 g/mol. The topological polar surface area (TPSA) is 36.6 Å². The van der Waals surface area contributed by atoms with Gasteiger partial charge in [-0.1, -0.05) is 13.3 Å². The average Bonchev–Trinajstić information content (AvgIpc) is 2.92. The van der Waals surface area contributed by atoms with Crippen molar-refractivity contribution < 1.29 is 9.52 Å². The highest BCUT2D eigenvalue weighted by molar-refractivity contribution is 5.15. The van der Waals surface area contributed by atoms with Crippen molar-refractivity contribution in [2.75, 3.05) is 13.1 Å². The summed E-state index contributed by atoms with van der Waals surface area (Å²) < 4.78 is 5.08. The summed E-state index contributed by atoms with van der Waals surface area (Å²) in [5.74, 6) is 0. The summed E-state index contributed by atoms with van der Waals surface area (Å²) in [5, 5.41) is 10.6. The fraction of sp³-hybridized carbons (Fsp3) is 0.714. The van der Waals surface area contributed by atoms with E-state index in [-0.39, 0.29) is 5.54 Å². The molecule has 1 fully saturated rings. The van der Waals surface area contributed by atoms with Crippen molar-refractivity contribution in [3.8, 4) is 0 Å². The quantitative estimate of drug-likeness (QED) is 0.874. The Morgan fingerprint density at radius 2 is 2.12 bits per heavy atom. The molecule has 96 valence electrons. The number of hydrogen-bond acceptors (Lipinski definition) is 3. The molecule has 3 heteroatoms. The summed E-state index contributed by atoms with van der Waals surface area (Å²) in [6.07, 6.45) is 7.57. The molecular formula is C14H23NO2. The van der Waals surface area contributed by atoms with E-state index in [0.29, 0.717) is 0 Å². The standard InChI is InChI=1S/C14H23NO2/c1-3-14(2,15-8-5-4-6-9-15)13(16)12-7-10-17-11-12/h7,10-11,13,16H,3-6,8-9H2,1-2H3. The molecule has 1 N–H and O–H groups in total. The maximum atomic E-state index is 10.6. The predicted octanol–water partition coefficient (Wildman–Crippen LogP) is 2.97. The van der Waals surface area contributed by atoms with E-state index >= 15 is 0 Å². The van der Waals surface area contributed by atoms with Crippen LogP contribution in [0.15, 0.2) is 23.0 Å². The minimum absolute atomic E-state index is 0.176. The van der Waals surface area contributed by atoms with Gasteiger partial charge < -0.3 is 9.52 Å². The number of aliphatic hydroxyl groups excluding tert-OH is 1. The molecule has 3 nitrogen and oxygen atoms in total. The number of aliphatic hydroxyl groups is 1. The summed E-state index contributed by atoms with van der Waals surface area (Å²) in [6, 6.07) is 1.86. The second kappa shape index (κ2) is 5.23. The Labute approximate surface area is 103 Å². The van der Waals surface area contributed by atoms with E-state index in [4.69, 9.17) is 4.42 Å². The Kier molecular flexibility index (Phi) is 3.89. The number of rotatable bonds is 4. The zero-order chi connectivity index (χ0) is 12.3. The molecule has 17 heavy (non-hydrogen) atoms. The first kappa shape index (κ1) is 12.7. The van der Waals surface area contributed by atoms with Gasteiger partial charge in [-0.25, -0.2) is 0 Å². The molecule has 0 aliphatic carbocycles. The van der Waals surface area contributed by atoms with E-state index in [2.05, 4.69) is 18.7 Å². The minimum atomic E-state index is -0.468. The number of likely N-dealkylation sites (tertiary alicyclic amines) is 1. The molecule has 2 unspecified atom stereocenters. The van der Waals surface area contributed by atoms with Crippen LogP contribution in [-0.2, 0) is 0 Å². The molecule has 1 aliphatic rings. The van der Waals surface area contributed by atoms with Crippen LogP contribution in [0.2, 0.25) is 0 Å². The van der Waals surface area contributed by atoms with Gasteiger partial charge in [-0.3, -0.25) is 4.90 Å². The molecule has 2 heterocycles. The van der Waals surface area contributed by atoms with E-state index < -0.39 is 6.10 Å². The SMILES string of the molecule is CCC(C)(C(O)c1ccoc1)N1CCCCC1. The van der Waals surface area contributed by atoms with E-state index in [1.807, 2.05) is 6.07 Å². The van der Waals surface area contributed by atoms with Crippen molar-refractivity contribution in [1.29, 1.82) is 0 Å². The molecule has 0 saturated carbocycles. The highest BCUT2D eigenvalue weighted by Gasteiger charge is 2.38. The van der Waals surface area contributed by atoms with E-state index in [1.54, 1.807) is 12.5 Å². The first-order valence-corrected chi connectivity index (χ1v) is 6.63. The second-order valence-corrected chi connectivity index (χ2v) is 5.22. The van der Waals surface area contributed by atoms with Gasteiger partial charge in [-0.15, -0.1) is 0 Å². The number of hydrogen-bond donors (Lipinski definition) is 1. The highest BCUT2D eigenvalue weighted by atomic mass is 16.3. The Morgan fingerprint density at radius 1 is 1.41 bits per heavy atom. The summed E-state index contributed by atoms with van der Waals surface area (Å²) in [5.41, 5.74) is 0.713. The molecule has 1 aliphatic heterocycles. The number of furan rings is 1. The van der Waals surface area contributed by atoms with Gasteiger partial charge >= 0.3 is 0 Å². The lowest BCUT2D eigenvalue weighted by atomic mass is 9.85. The fourth-order valence-electron chi connectivity index (χ4n) is 2.78. The van der Waals surface area contributed by atoms with Crippen molar-refractivity contribution in [2.24, 2.45) is 0 Å². The molecule has 1 aromatic rings. The maximum Gasteiger partial charge on any atom is 0.100 e. The van der Waals surface area contributed by atoms with Crippen LogP contribution >= 0.6 is 0 Å². The summed E-state index contributed by atoms with van der Waals surface area (Å²) >= 11 is 0. The zero-order valence-corrected chi connectivity index (χ0v) is 10.9. The summed E-state index contributed by atoms with van der Waals surface area (Å²) in [7, 11) is 0. The first-order valence-electron chi connectivity index (χ1n) is 6.63. The Balaban J connectivity index is 2.17. The van der Waals surface area contributed by atoms with Gasteiger partial charge in [-0.2, -0.15) is 0 Å². The Bertz CT molecular complexity index is 330. The highest BCUT2D eigenvalue weighted by Crippen LogP contribution is 2.36. The lowest BCUT2D eigenvalue weighted by Gasteiger charge is -2.45. The molecule has 1 saturated heterocycles. The van der Waals surface area contributed by atoms with Crippen LogP contribution in [0.4, 0.5) is 0 Å². The molecule has 2 atom stereocenters. The third-order valence-corrected chi connectivity index (χ3v) is 4.24. The third kappa shape index (κ3) is 2.40. The maximum absolute atomic E-state index is 10.6. The van der Waals surface area contributed by atoms with Crippen molar-refractivity contribution in [3.05, 3.63) is 24.2 Å². The molecule has 0 amide bonds. The molecule has 0 bridgehead atoms. The summed E-state index contributed by atoms with van der Waals surface area (Å²) in [4.78, 5) is 2.44. The van der Waals surface area contributed by atoms with Gasteiger partial charge in [-0.05, 0) is 45.3 Å². The molecule has 0 spiro atoms. The van der Waals surface area contributed by atoms with Crippen LogP contribution in [0.3, 0.4) is 0 Å². The van der Waals surface area contributed by atoms with Crippen LogP contribution < -0.4 is 0 Å². The van der Waals surface area contributed by atoms with Gasteiger partial charge in [0, 0.05) is 11.1 Å². The normalized spacial score (nSPS) is 23.2. The van der Waals surface area contributed by atoms with Crippen LogP contribution in [0.5, 0.6) is 0 Å². The fourth-order valence-corrected chi connectivity index (χ4v) is 2.78. The lowest BCUT2D eigenvalue weighted by molar-refractivity contribution is -0.0354. The van der Waals surface area contributed by atoms with Crippen molar-refractivity contribution in [1.82, 2.24) is 4.90 Å². The molecule has 0 radical (unpaired) electrons. The second-order valence-electron chi connectivity index (χ2n) is 5.22. The molecular weight excluding hydrogens is 214 g/mol. The molecule has 1 aromatic heterocycles. The average molecular weight is 237 g/mol. The van der Waals surface area contributed by atoms with Gasteiger partial charge in [0.25, 0.3) is 0 Å². The van der Waals surface area contributed by atoms with Crippen molar-refractivity contribution in [3.63, 3.8) is 0 Å². The van der Waals surface area contributed by atoms with E-state index in [1.165, 1.54) is 19.3 Å². The van der Waals surface area contributed by atoms with Crippen LogP contribution in [0, 0.1) is 0 Å². The zero-order valence-electron chi connectivity index (χ0n) is 10.9. The van der Waals surface area contributed by atoms with E-state index in [0.717, 1.165) is 25.1 Å².